The van der Waals surface area contributed by atoms with Crippen molar-refractivity contribution in [1.82, 2.24) is 5.32 Å². The summed E-state index contributed by atoms with van der Waals surface area (Å²) >= 11 is 0. The number of hydrogen-bond acceptors (Lipinski definition) is 3. The van der Waals surface area contributed by atoms with E-state index in [9.17, 15) is 9.59 Å². The van der Waals surface area contributed by atoms with Gasteiger partial charge >= 0.3 is 5.97 Å². The van der Waals surface area contributed by atoms with Crippen LogP contribution in [-0.2, 0) is 9.59 Å². The molecule has 1 amide bonds. The lowest BCUT2D eigenvalue weighted by Crippen LogP contribution is -2.22. The Hall–Kier alpha value is -2.10. The molecule has 4 heteroatoms. The van der Waals surface area contributed by atoms with Crippen LogP contribution in [-0.4, -0.2) is 18.4 Å². The van der Waals surface area contributed by atoms with Gasteiger partial charge in [-0.1, -0.05) is 82.9 Å². The molecule has 0 aliphatic rings. The fraction of sp³-hybridized carbons (Fsp3) is 0.545. The van der Waals surface area contributed by atoms with Crippen molar-refractivity contribution in [1.29, 1.82) is 0 Å². The van der Waals surface area contributed by atoms with Crippen LogP contribution in [0.15, 0.2) is 42.5 Å². The third-order valence-corrected chi connectivity index (χ3v) is 4.16. The van der Waals surface area contributed by atoms with Crippen molar-refractivity contribution < 1.29 is 14.3 Å². The van der Waals surface area contributed by atoms with Gasteiger partial charge in [-0.3, -0.25) is 4.79 Å². The molecule has 1 aromatic carbocycles. The van der Waals surface area contributed by atoms with Crippen molar-refractivity contribution in [3.8, 4) is 5.75 Å². The molecule has 144 valence electrons. The molecule has 0 heterocycles. The molecule has 0 spiro atoms. The van der Waals surface area contributed by atoms with Crippen LogP contribution in [0.2, 0.25) is 0 Å². The summed E-state index contributed by atoms with van der Waals surface area (Å²) in [5.41, 5.74) is 0. The minimum absolute atomic E-state index is 0.258. The zero-order valence-electron chi connectivity index (χ0n) is 16.0. The predicted octanol–water partition coefficient (Wildman–Crippen LogP) is 5.19. The summed E-state index contributed by atoms with van der Waals surface area (Å²) in [6.45, 7) is 2.89. The summed E-state index contributed by atoms with van der Waals surface area (Å²) < 4.78 is 5.07. The fourth-order valence-corrected chi connectivity index (χ4v) is 2.67. The first kappa shape index (κ1) is 21.9. The molecular weight excluding hydrogens is 326 g/mol. The average molecular weight is 360 g/mol. The van der Waals surface area contributed by atoms with Crippen LogP contribution in [0.25, 0.3) is 0 Å². The van der Waals surface area contributed by atoms with Gasteiger partial charge in [0.25, 0.3) is 0 Å². The molecule has 26 heavy (non-hydrogen) atoms. The maximum atomic E-state index is 11.7. The van der Waals surface area contributed by atoms with Crippen molar-refractivity contribution in [3.05, 3.63) is 42.5 Å². The third-order valence-electron chi connectivity index (χ3n) is 4.16. The van der Waals surface area contributed by atoms with Crippen LogP contribution in [0.1, 0.15) is 71.1 Å². The Bertz CT molecular complexity index is 525. The van der Waals surface area contributed by atoms with Crippen LogP contribution in [0.5, 0.6) is 5.75 Å². The quantitative estimate of drug-likeness (QED) is 0.215. The summed E-state index contributed by atoms with van der Waals surface area (Å²) in [5.74, 6) is -0.343. The average Bonchev–Trinajstić information content (AvgIpc) is 2.65. The van der Waals surface area contributed by atoms with Crippen LogP contribution < -0.4 is 10.1 Å². The summed E-state index contributed by atoms with van der Waals surface area (Å²) in [6.07, 6.45) is 15.1. The summed E-state index contributed by atoms with van der Waals surface area (Å²) in [7, 11) is 0. The predicted molar refractivity (Wildman–Crippen MR) is 106 cm³/mol. The highest BCUT2D eigenvalue weighted by Crippen LogP contribution is 2.10. The van der Waals surface area contributed by atoms with Gasteiger partial charge in [0.2, 0.25) is 5.91 Å². The van der Waals surface area contributed by atoms with E-state index in [1.807, 2.05) is 6.07 Å². The zero-order valence-corrected chi connectivity index (χ0v) is 16.0. The molecule has 1 rings (SSSR count). The first-order valence-corrected chi connectivity index (χ1v) is 9.95. The number of carbonyl (C=O) groups excluding carboxylic acids is 2. The molecule has 0 aromatic heterocycles. The highest BCUT2D eigenvalue weighted by molar-refractivity contribution is 5.95. The van der Waals surface area contributed by atoms with Gasteiger partial charge in [-0.25, -0.2) is 4.79 Å². The molecule has 0 aliphatic carbocycles. The largest absolute Gasteiger partial charge is 0.423 e. The van der Waals surface area contributed by atoms with Crippen LogP contribution in [0.4, 0.5) is 0 Å². The summed E-state index contributed by atoms with van der Waals surface area (Å²) in [4.78, 5) is 23.2. The number of ether oxygens (including phenoxy) is 1. The van der Waals surface area contributed by atoms with E-state index in [-0.39, 0.29) is 5.91 Å². The van der Waals surface area contributed by atoms with Crippen molar-refractivity contribution in [2.45, 2.75) is 71.1 Å². The Labute approximate surface area is 158 Å². The van der Waals surface area contributed by atoms with Gasteiger partial charge < -0.3 is 10.1 Å². The highest BCUT2D eigenvalue weighted by Gasteiger charge is 2.01. The van der Waals surface area contributed by atoms with E-state index in [1.165, 1.54) is 57.4 Å². The second-order valence-electron chi connectivity index (χ2n) is 6.54. The maximum absolute atomic E-state index is 11.7. The molecule has 4 nitrogen and oxygen atoms in total. The minimum atomic E-state index is -0.551. The third kappa shape index (κ3) is 12.3. The van der Waals surface area contributed by atoms with Crippen LogP contribution in [0.3, 0.4) is 0 Å². The topological polar surface area (TPSA) is 55.4 Å². The lowest BCUT2D eigenvalue weighted by molar-refractivity contribution is -0.129. The molecular formula is C22H33NO3. The number of benzene rings is 1. The van der Waals surface area contributed by atoms with E-state index < -0.39 is 5.97 Å². The molecule has 1 aromatic rings. The van der Waals surface area contributed by atoms with Crippen LogP contribution in [0, 0.1) is 0 Å². The van der Waals surface area contributed by atoms with Gasteiger partial charge in [-0.05, 0) is 18.6 Å². The molecule has 0 atom stereocenters. The van der Waals surface area contributed by atoms with Crippen molar-refractivity contribution >= 4 is 11.9 Å². The zero-order chi connectivity index (χ0) is 18.9. The standard InChI is InChI=1S/C22H33NO3/c1-2-3-4-5-6-7-8-9-10-14-19-23-21(24)17-18-22(25)26-20-15-12-11-13-16-20/h11-13,15-18H,2-10,14,19H2,1H3,(H,23,24)/b18-17-. The Balaban J connectivity index is 1.97. The highest BCUT2D eigenvalue weighted by atomic mass is 16.5. The fourth-order valence-electron chi connectivity index (χ4n) is 2.67. The summed E-state index contributed by atoms with van der Waals surface area (Å²) in [6, 6.07) is 8.79. The number of esters is 1. The Morgan fingerprint density at radius 3 is 2.04 bits per heavy atom. The SMILES string of the molecule is CCCCCCCCCCCCNC(=O)/C=C\C(=O)Oc1ccccc1. The molecule has 0 saturated carbocycles. The van der Waals surface area contributed by atoms with Gasteiger partial charge in [-0.2, -0.15) is 0 Å². The number of rotatable bonds is 14. The molecule has 0 radical (unpaired) electrons. The van der Waals surface area contributed by atoms with E-state index in [4.69, 9.17) is 4.74 Å². The maximum Gasteiger partial charge on any atom is 0.336 e. The van der Waals surface area contributed by atoms with Crippen molar-refractivity contribution in [2.75, 3.05) is 6.54 Å². The van der Waals surface area contributed by atoms with Gasteiger partial charge in [-0.15, -0.1) is 0 Å². The second kappa shape index (κ2) is 15.2. The second-order valence-corrected chi connectivity index (χ2v) is 6.54. The normalized spacial score (nSPS) is 10.8. The minimum Gasteiger partial charge on any atom is -0.423 e. The first-order valence-electron chi connectivity index (χ1n) is 9.95. The van der Waals surface area contributed by atoms with Gasteiger partial charge in [0.15, 0.2) is 0 Å². The number of para-hydroxylation sites is 1. The van der Waals surface area contributed by atoms with Crippen LogP contribution >= 0.6 is 0 Å². The molecule has 0 unspecified atom stereocenters. The number of unbranched alkanes of at least 4 members (excludes halogenated alkanes) is 9. The lowest BCUT2D eigenvalue weighted by atomic mass is 10.1. The smallest absolute Gasteiger partial charge is 0.336 e. The monoisotopic (exact) mass is 359 g/mol. The molecule has 0 saturated heterocycles. The Morgan fingerprint density at radius 1 is 0.846 bits per heavy atom. The van der Waals surface area contributed by atoms with Crippen molar-refractivity contribution in [3.63, 3.8) is 0 Å². The van der Waals surface area contributed by atoms with E-state index in [0.29, 0.717) is 12.3 Å². The van der Waals surface area contributed by atoms with Gasteiger partial charge in [0, 0.05) is 18.7 Å². The molecule has 0 aliphatic heterocycles. The van der Waals surface area contributed by atoms with E-state index in [1.54, 1.807) is 24.3 Å². The number of amides is 1. The Kier molecular flexibility index (Phi) is 12.8. The lowest BCUT2D eigenvalue weighted by Gasteiger charge is -2.03. The van der Waals surface area contributed by atoms with E-state index >= 15 is 0 Å². The number of hydrogen-bond donors (Lipinski definition) is 1. The Morgan fingerprint density at radius 2 is 1.42 bits per heavy atom. The van der Waals surface area contributed by atoms with Gasteiger partial charge in [0.1, 0.15) is 5.75 Å². The molecule has 0 fully saturated rings. The summed E-state index contributed by atoms with van der Waals surface area (Å²) in [5, 5.41) is 2.79. The van der Waals surface area contributed by atoms with Crippen molar-refractivity contribution in [2.24, 2.45) is 0 Å². The molecule has 1 N–H and O–H groups in total. The van der Waals surface area contributed by atoms with Gasteiger partial charge in [0.05, 0.1) is 0 Å². The number of carbonyl (C=O) groups is 2. The van der Waals surface area contributed by atoms with E-state index in [0.717, 1.165) is 18.9 Å². The van der Waals surface area contributed by atoms with E-state index in [2.05, 4.69) is 12.2 Å². The number of nitrogens with one attached hydrogen (secondary N) is 1. The molecule has 0 bridgehead atoms. The first-order chi connectivity index (χ1) is 12.7.